The first-order chi connectivity index (χ1) is 6.25. The lowest BCUT2D eigenvalue weighted by atomic mass is 10.3. The van der Waals surface area contributed by atoms with Crippen molar-refractivity contribution in [2.45, 2.75) is 13.3 Å². The molecular formula is C9H12N2O2. The smallest absolute Gasteiger partial charge is 0.271 e. The molecular weight excluding hydrogens is 168 g/mol. The first kappa shape index (κ1) is 9.51. The fraction of sp³-hybridized carbons (Fsp3) is 0.333. The molecule has 0 spiro atoms. The van der Waals surface area contributed by atoms with Crippen molar-refractivity contribution >= 4 is 5.91 Å². The van der Waals surface area contributed by atoms with Gasteiger partial charge in [0, 0.05) is 6.20 Å². The number of rotatable bonds is 4. The SMILES string of the molecule is CCCOc1cccnc1C(N)=O. The summed E-state index contributed by atoms with van der Waals surface area (Å²) in [6.07, 6.45) is 2.39. The normalized spacial score (nSPS) is 9.62. The summed E-state index contributed by atoms with van der Waals surface area (Å²) >= 11 is 0. The van der Waals surface area contributed by atoms with Crippen LogP contribution >= 0.6 is 0 Å². The first-order valence-corrected chi connectivity index (χ1v) is 4.13. The number of carbonyl (C=O) groups is 1. The van der Waals surface area contributed by atoms with Crippen LogP contribution in [0.15, 0.2) is 18.3 Å². The molecule has 0 saturated heterocycles. The number of pyridine rings is 1. The van der Waals surface area contributed by atoms with Crippen LogP contribution in [0, 0.1) is 0 Å². The zero-order valence-electron chi connectivity index (χ0n) is 7.49. The first-order valence-electron chi connectivity index (χ1n) is 4.13. The van der Waals surface area contributed by atoms with Crippen molar-refractivity contribution in [2.75, 3.05) is 6.61 Å². The number of nitrogens with two attached hydrogens (primary N) is 1. The Hall–Kier alpha value is -1.58. The fourth-order valence-electron chi connectivity index (χ4n) is 0.904. The van der Waals surface area contributed by atoms with Crippen molar-refractivity contribution in [1.82, 2.24) is 4.98 Å². The van der Waals surface area contributed by atoms with Crippen LogP contribution in [0.1, 0.15) is 23.8 Å². The predicted molar refractivity (Wildman–Crippen MR) is 48.5 cm³/mol. The summed E-state index contributed by atoms with van der Waals surface area (Å²) in [5, 5.41) is 0. The summed E-state index contributed by atoms with van der Waals surface area (Å²) in [4.78, 5) is 14.7. The molecule has 13 heavy (non-hydrogen) atoms. The second-order valence-electron chi connectivity index (χ2n) is 2.56. The lowest BCUT2D eigenvalue weighted by Gasteiger charge is -2.06. The van der Waals surface area contributed by atoms with E-state index in [1.165, 1.54) is 6.20 Å². The molecule has 1 aromatic rings. The van der Waals surface area contributed by atoms with Crippen molar-refractivity contribution in [1.29, 1.82) is 0 Å². The molecule has 70 valence electrons. The number of primary amides is 1. The van der Waals surface area contributed by atoms with E-state index >= 15 is 0 Å². The monoisotopic (exact) mass is 180 g/mol. The Morgan fingerprint density at radius 3 is 3.08 bits per heavy atom. The molecule has 4 nitrogen and oxygen atoms in total. The summed E-state index contributed by atoms with van der Waals surface area (Å²) in [7, 11) is 0. The lowest BCUT2D eigenvalue weighted by molar-refractivity contribution is 0.0991. The highest BCUT2D eigenvalue weighted by atomic mass is 16.5. The molecule has 0 aromatic carbocycles. The number of amides is 1. The van der Waals surface area contributed by atoms with Gasteiger partial charge in [0.2, 0.25) is 0 Å². The van der Waals surface area contributed by atoms with E-state index in [-0.39, 0.29) is 5.69 Å². The Morgan fingerprint density at radius 1 is 1.69 bits per heavy atom. The molecule has 4 heteroatoms. The van der Waals surface area contributed by atoms with Crippen LogP contribution in [0.2, 0.25) is 0 Å². The van der Waals surface area contributed by atoms with Crippen LogP contribution in [-0.4, -0.2) is 17.5 Å². The van der Waals surface area contributed by atoms with E-state index in [0.717, 1.165) is 6.42 Å². The lowest BCUT2D eigenvalue weighted by Crippen LogP contribution is -2.15. The molecule has 0 bridgehead atoms. The van der Waals surface area contributed by atoms with E-state index < -0.39 is 5.91 Å². The van der Waals surface area contributed by atoms with E-state index in [1.54, 1.807) is 12.1 Å². The molecule has 2 N–H and O–H groups in total. The Balaban J connectivity index is 2.84. The minimum atomic E-state index is -0.563. The zero-order valence-corrected chi connectivity index (χ0v) is 7.49. The van der Waals surface area contributed by atoms with Crippen LogP contribution in [-0.2, 0) is 0 Å². The second kappa shape index (κ2) is 4.45. The van der Waals surface area contributed by atoms with Crippen LogP contribution in [0.5, 0.6) is 5.75 Å². The van der Waals surface area contributed by atoms with E-state index in [1.807, 2.05) is 6.92 Å². The van der Waals surface area contributed by atoms with Gasteiger partial charge in [0.15, 0.2) is 11.4 Å². The van der Waals surface area contributed by atoms with E-state index in [9.17, 15) is 4.79 Å². The highest BCUT2D eigenvalue weighted by Crippen LogP contribution is 2.14. The van der Waals surface area contributed by atoms with Gasteiger partial charge in [-0.25, -0.2) is 4.98 Å². The molecule has 0 radical (unpaired) electrons. The van der Waals surface area contributed by atoms with Crippen molar-refractivity contribution < 1.29 is 9.53 Å². The third-order valence-corrected chi connectivity index (χ3v) is 1.47. The number of hydrogen-bond acceptors (Lipinski definition) is 3. The van der Waals surface area contributed by atoms with E-state index in [2.05, 4.69) is 4.98 Å². The van der Waals surface area contributed by atoms with Gasteiger partial charge >= 0.3 is 0 Å². The van der Waals surface area contributed by atoms with E-state index in [4.69, 9.17) is 10.5 Å². The third kappa shape index (κ3) is 2.43. The molecule has 0 aliphatic carbocycles. The molecule has 0 saturated carbocycles. The molecule has 1 rings (SSSR count). The zero-order chi connectivity index (χ0) is 9.68. The Morgan fingerprint density at radius 2 is 2.46 bits per heavy atom. The number of nitrogens with zero attached hydrogens (tertiary/aromatic N) is 1. The molecule has 0 atom stereocenters. The van der Waals surface area contributed by atoms with Gasteiger partial charge in [-0.1, -0.05) is 6.92 Å². The predicted octanol–water partition coefficient (Wildman–Crippen LogP) is 0.969. The highest BCUT2D eigenvalue weighted by Gasteiger charge is 2.08. The van der Waals surface area contributed by atoms with Crippen LogP contribution in [0.25, 0.3) is 0 Å². The van der Waals surface area contributed by atoms with Gasteiger partial charge in [-0.15, -0.1) is 0 Å². The van der Waals surface area contributed by atoms with Gasteiger partial charge in [0.25, 0.3) is 5.91 Å². The summed E-state index contributed by atoms with van der Waals surface area (Å²) < 4.78 is 5.28. The summed E-state index contributed by atoms with van der Waals surface area (Å²) in [5.41, 5.74) is 5.30. The van der Waals surface area contributed by atoms with Gasteiger partial charge < -0.3 is 10.5 Å². The van der Waals surface area contributed by atoms with Crippen LogP contribution < -0.4 is 10.5 Å². The van der Waals surface area contributed by atoms with Crippen molar-refractivity contribution in [3.8, 4) is 5.75 Å². The van der Waals surface area contributed by atoms with Gasteiger partial charge in [0.1, 0.15) is 0 Å². The molecule has 0 fully saturated rings. The standard InChI is InChI=1S/C9H12N2O2/c1-2-6-13-7-4-3-5-11-8(7)9(10)12/h3-5H,2,6H2,1H3,(H2,10,12). The average Bonchev–Trinajstić information content (AvgIpc) is 2.15. The minimum absolute atomic E-state index is 0.191. The third-order valence-electron chi connectivity index (χ3n) is 1.47. The van der Waals surface area contributed by atoms with E-state index in [0.29, 0.717) is 12.4 Å². The topological polar surface area (TPSA) is 65.2 Å². The molecule has 0 unspecified atom stereocenters. The summed E-state index contributed by atoms with van der Waals surface area (Å²) in [6.45, 7) is 2.55. The largest absolute Gasteiger partial charge is 0.491 e. The Labute approximate surface area is 76.7 Å². The second-order valence-corrected chi connectivity index (χ2v) is 2.56. The molecule has 1 amide bonds. The number of hydrogen-bond donors (Lipinski definition) is 1. The molecule has 1 aromatic heterocycles. The highest BCUT2D eigenvalue weighted by molar-refractivity contribution is 5.93. The van der Waals surface area contributed by atoms with Crippen molar-refractivity contribution in [3.05, 3.63) is 24.0 Å². The summed E-state index contributed by atoms with van der Waals surface area (Å²) in [5.74, 6) is -0.108. The Bertz CT molecular complexity index is 299. The fourth-order valence-corrected chi connectivity index (χ4v) is 0.904. The van der Waals surface area contributed by atoms with Gasteiger partial charge in [-0.3, -0.25) is 4.79 Å². The van der Waals surface area contributed by atoms with Gasteiger partial charge in [-0.05, 0) is 18.6 Å². The maximum Gasteiger partial charge on any atom is 0.271 e. The molecule has 0 aliphatic heterocycles. The number of aromatic nitrogens is 1. The summed E-state index contributed by atoms with van der Waals surface area (Å²) in [6, 6.07) is 3.39. The number of carbonyl (C=O) groups excluding carboxylic acids is 1. The quantitative estimate of drug-likeness (QED) is 0.750. The van der Waals surface area contributed by atoms with Gasteiger partial charge in [0.05, 0.1) is 6.61 Å². The minimum Gasteiger partial charge on any atom is -0.491 e. The van der Waals surface area contributed by atoms with Crippen molar-refractivity contribution in [3.63, 3.8) is 0 Å². The maximum atomic E-state index is 10.9. The van der Waals surface area contributed by atoms with Crippen LogP contribution in [0.3, 0.4) is 0 Å². The molecule has 1 heterocycles. The Kier molecular flexibility index (Phi) is 3.25. The molecule has 0 aliphatic rings. The number of ether oxygens (including phenoxy) is 1. The maximum absolute atomic E-state index is 10.9. The average molecular weight is 180 g/mol. The van der Waals surface area contributed by atoms with Gasteiger partial charge in [-0.2, -0.15) is 0 Å². The van der Waals surface area contributed by atoms with Crippen molar-refractivity contribution in [2.24, 2.45) is 5.73 Å². The van der Waals surface area contributed by atoms with Crippen LogP contribution in [0.4, 0.5) is 0 Å².